The molecule has 136 valence electrons. The fourth-order valence-electron chi connectivity index (χ4n) is 3.00. The van der Waals surface area contributed by atoms with Crippen LogP contribution in [-0.4, -0.2) is 51.9 Å². The van der Waals surface area contributed by atoms with E-state index in [1.54, 1.807) is 23.4 Å². The first-order valence-electron chi connectivity index (χ1n) is 8.91. The van der Waals surface area contributed by atoms with Crippen molar-refractivity contribution in [2.24, 2.45) is 0 Å². The molecule has 1 aromatic carbocycles. The summed E-state index contributed by atoms with van der Waals surface area (Å²) in [7, 11) is 0. The van der Waals surface area contributed by atoms with Crippen LogP contribution in [0.4, 0.5) is 0 Å². The first-order chi connectivity index (χ1) is 13.3. The third-order valence-corrected chi connectivity index (χ3v) is 4.43. The van der Waals surface area contributed by atoms with Crippen molar-refractivity contribution in [3.05, 3.63) is 72.7 Å². The van der Waals surface area contributed by atoms with Crippen molar-refractivity contribution in [1.82, 2.24) is 19.7 Å². The van der Waals surface area contributed by atoms with Gasteiger partial charge in [0.1, 0.15) is 5.69 Å². The number of carbonyl (C=O) groups excluding carboxylic acids is 1. The Balaban J connectivity index is 1.67. The number of aromatic nitrogens is 3. The predicted molar refractivity (Wildman–Crippen MR) is 103 cm³/mol. The molecule has 1 aliphatic rings. The van der Waals surface area contributed by atoms with Gasteiger partial charge in [-0.15, -0.1) is 0 Å². The van der Waals surface area contributed by atoms with Crippen LogP contribution in [0, 0.1) is 0 Å². The molecule has 0 saturated carbocycles. The van der Waals surface area contributed by atoms with Gasteiger partial charge in [-0.05, 0) is 30.3 Å². The molecule has 1 amide bonds. The average Bonchev–Trinajstić information content (AvgIpc) is 3.18. The van der Waals surface area contributed by atoms with Gasteiger partial charge >= 0.3 is 0 Å². The molecule has 0 spiro atoms. The fourth-order valence-corrected chi connectivity index (χ4v) is 3.00. The largest absolute Gasteiger partial charge is 0.378 e. The number of rotatable bonds is 4. The second kappa shape index (κ2) is 7.97. The molecule has 0 atom stereocenters. The second-order valence-corrected chi connectivity index (χ2v) is 6.23. The van der Waals surface area contributed by atoms with Crippen molar-refractivity contribution in [3.63, 3.8) is 0 Å². The molecular weight excluding hydrogens is 340 g/mol. The van der Waals surface area contributed by atoms with Crippen molar-refractivity contribution in [3.8, 4) is 16.9 Å². The Labute approximate surface area is 157 Å². The molecule has 0 N–H and O–H groups in total. The topological polar surface area (TPSA) is 60.2 Å². The minimum absolute atomic E-state index is 0.0112. The lowest BCUT2D eigenvalue weighted by Crippen LogP contribution is -2.39. The number of carbonyl (C=O) groups is 1. The smallest absolute Gasteiger partial charge is 0.246 e. The monoisotopic (exact) mass is 360 g/mol. The number of amides is 1. The quantitative estimate of drug-likeness (QED) is 0.671. The van der Waals surface area contributed by atoms with Crippen LogP contribution >= 0.6 is 0 Å². The average molecular weight is 360 g/mol. The number of nitrogens with zero attached hydrogens (tertiary/aromatic N) is 4. The Hall–Kier alpha value is -3.25. The zero-order valence-electron chi connectivity index (χ0n) is 14.9. The summed E-state index contributed by atoms with van der Waals surface area (Å²) in [5.74, 6) is -0.0112. The maximum atomic E-state index is 12.4. The Morgan fingerprint density at radius 3 is 2.63 bits per heavy atom. The third-order valence-electron chi connectivity index (χ3n) is 4.43. The first kappa shape index (κ1) is 17.2. The number of morpholine rings is 1. The van der Waals surface area contributed by atoms with E-state index >= 15 is 0 Å². The number of pyridine rings is 1. The van der Waals surface area contributed by atoms with Crippen LogP contribution in [0.3, 0.4) is 0 Å². The summed E-state index contributed by atoms with van der Waals surface area (Å²) in [5.41, 5.74) is 3.53. The molecule has 1 fully saturated rings. The maximum Gasteiger partial charge on any atom is 0.246 e. The standard InChI is InChI=1S/C21H20N4O2/c26-20(24-11-13-27-14-12-24)9-8-18-16-25(19-6-2-1-3-7-19)23-21(18)17-5-4-10-22-15-17/h1-10,15-16H,11-14H2/b9-8+. The van der Waals surface area contributed by atoms with Crippen LogP contribution in [0.5, 0.6) is 0 Å². The molecule has 27 heavy (non-hydrogen) atoms. The van der Waals surface area contributed by atoms with Gasteiger partial charge in [-0.2, -0.15) is 5.10 Å². The molecule has 1 saturated heterocycles. The highest BCUT2D eigenvalue weighted by Gasteiger charge is 2.15. The summed E-state index contributed by atoms with van der Waals surface area (Å²) >= 11 is 0. The molecule has 0 bridgehead atoms. The highest BCUT2D eigenvalue weighted by molar-refractivity contribution is 5.93. The summed E-state index contributed by atoms with van der Waals surface area (Å²) < 4.78 is 7.12. The summed E-state index contributed by atoms with van der Waals surface area (Å²) in [5, 5.41) is 4.72. The van der Waals surface area contributed by atoms with Crippen LogP contribution < -0.4 is 0 Å². The van der Waals surface area contributed by atoms with E-state index in [1.807, 2.05) is 59.4 Å². The minimum Gasteiger partial charge on any atom is -0.378 e. The molecule has 1 aliphatic heterocycles. The molecule has 0 radical (unpaired) electrons. The van der Waals surface area contributed by atoms with Gasteiger partial charge in [0.2, 0.25) is 5.91 Å². The zero-order valence-corrected chi connectivity index (χ0v) is 14.9. The Bertz CT molecular complexity index is 929. The molecule has 2 aromatic heterocycles. The molecule has 0 aliphatic carbocycles. The van der Waals surface area contributed by atoms with Crippen LogP contribution in [0.1, 0.15) is 5.56 Å². The van der Waals surface area contributed by atoms with Crippen molar-refractivity contribution in [2.45, 2.75) is 0 Å². The van der Waals surface area contributed by atoms with Gasteiger partial charge in [0, 0.05) is 48.9 Å². The van der Waals surface area contributed by atoms with E-state index in [2.05, 4.69) is 4.98 Å². The summed E-state index contributed by atoms with van der Waals surface area (Å²) in [4.78, 5) is 18.4. The number of hydrogen-bond donors (Lipinski definition) is 0. The van der Waals surface area contributed by atoms with Gasteiger partial charge in [-0.25, -0.2) is 4.68 Å². The first-order valence-corrected chi connectivity index (χ1v) is 8.91. The highest BCUT2D eigenvalue weighted by atomic mass is 16.5. The summed E-state index contributed by atoms with van der Waals surface area (Å²) in [6, 6.07) is 13.7. The van der Waals surface area contributed by atoms with E-state index in [0.717, 1.165) is 22.5 Å². The van der Waals surface area contributed by atoms with E-state index in [0.29, 0.717) is 26.3 Å². The normalized spacial score (nSPS) is 14.6. The SMILES string of the molecule is O=C(/C=C/c1cn(-c2ccccc2)nc1-c1cccnc1)N1CCOCC1. The molecule has 0 unspecified atom stereocenters. The number of para-hydroxylation sites is 1. The van der Waals surface area contributed by atoms with Gasteiger partial charge in [0.15, 0.2) is 0 Å². The lowest BCUT2D eigenvalue weighted by atomic mass is 10.1. The van der Waals surface area contributed by atoms with E-state index in [9.17, 15) is 4.79 Å². The number of benzene rings is 1. The predicted octanol–water partition coefficient (Wildman–Crippen LogP) is 2.81. The number of hydrogen-bond acceptors (Lipinski definition) is 4. The Morgan fingerprint density at radius 1 is 1.07 bits per heavy atom. The van der Waals surface area contributed by atoms with Gasteiger partial charge in [0.25, 0.3) is 0 Å². The van der Waals surface area contributed by atoms with Crippen LogP contribution in [-0.2, 0) is 9.53 Å². The fraction of sp³-hybridized carbons (Fsp3) is 0.190. The van der Waals surface area contributed by atoms with Crippen molar-refractivity contribution >= 4 is 12.0 Å². The third kappa shape index (κ3) is 3.96. The van der Waals surface area contributed by atoms with Crippen LogP contribution in [0.2, 0.25) is 0 Å². The molecule has 4 rings (SSSR count). The summed E-state index contributed by atoms with van der Waals surface area (Å²) in [6.07, 6.45) is 8.87. The van der Waals surface area contributed by atoms with Gasteiger partial charge in [0.05, 0.1) is 18.9 Å². The molecule has 3 aromatic rings. The van der Waals surface area contributed by atoms with E-state index in [4.69, 9.17) is 9.84 Å². The van der Waals surface area contributed by atoms with Crippen LogP contribution in [0.15, 0.2) is 67.1 Å². The Kier molecular flexibility index (Phi) is 5.07. The van der Waals surface area contributed by atoms with Crippen molar-refractivity contribution in [2.75, 3.05) is 26.3 Å². The molecule has 3 heterocycles. The van der Waals surface area contributed by atoms with E-state index in [1.165, 1.54) is 0 Å². The van der Waals surface area contributed by atoms with Crippen molar-refractivity contribution in [1.29, 1.82) is 0 Å². The zero-order chi connectivity index (χ0) is 18.5. The second-order valence-electron chi connectivity index (χ2n) is 6.23. The maximum absolute atomic E-state index is 12.4. The Morgan fingerprint density at radius 2 is 1.89 bits per heavy atom. The molecular formula is C21H20N4O2. The lowest BCUT2D eigenvalue weighted by Gasteiger charge is -2.25. The van der Waals surface area contributed by atoms with Gasteiger partial charge < -0.3 is 9.64 Å². The highest BCUT2D eigenvalue weighted by Crippen LogP contribution is 2.24. The summed E-state index contributed by atoms with van der Waals surface area (Å²) in [6.45, 7) is 2.43. The van der Waals surface area contributed by atoms with E-state index < -0.39 is 0 Å². The number of ether oxygens (including phenoxy) is 1. The van der Waals surface area contributed by atoms with Gasteiger partial charge in [-0.3, -0.25) is 9.78 Å². The molecule has 6 heteroatoms. The van der Waals surface area contributed by atoms with Crippen molar-refractivity contribution < 1.29 is 9.53 Å². The van der Waals surface area contributed by atoms with Gasteiger partial charge in [-0.1, -0.05) is 18.2 Å². The van der Waals surface area contributed by atoms with E-state index in [-0.39, 0.29) is 5.91 Å². The minimum atomic E-state index is -0.0112. The lowest BCUT2D eigenvalue weighted by molar-refractivity contribution is -0.129. The molecule has 6 nitrogen and oxygen atoms in total. The van der Waals surface area contributed by atoms with Crippen LogP contribution in [0.25, 0.3) is 23.0 Å².